The second-order valence-corrected chi connectivity index (χ2v) is 6.67. The Morgan fingerprint density at radius 3 is 2.52 bits per heavy atom. The second kappa shape index (κ2) is 7.02. The van der Waals surface area contributed by atoms with E-state index in [2.05, 4.69) is 10.6 Å². The minimum atomic E-state index is -0.442. The first-order chi connectivity index (χ1) is 13.0. The van der Waals surface area contributed by atoms with E-state index in [0.717, 1.165) is 16.4 Å². The van der Waals surface area contributed by atoms with E-state index in [1.54, 1.807) is 31.4 Å². The summed E-state index contributed by atoms with van der Waals surface area (Å²) in [6, 6.07) is 15.7. The van der Waals surface area contributed by atoms with Crippen molar-refractivity contribution in [3.63, 3.8) is 0 Å². The molecule has 4 rings (SSSR count). The van der Waals surface area contributed by atoms with Crippen molar-refractivity contribution in [1.29, 1.82) is 0 Å². The SMILES string of the molecule is COc1cc2c(cc1NC(=O)Nc1ccc(Cl)c(Cl)c1)oc1ccccc12. The van der Waals surface area contributed by atoms with Gasteiger partial charge in [-0.05, 0) is 30.3 Å². The fourth-order valence-electron chi connectivity index (χ4n) is 2.88. The number of hydrogen-bond acceptors (Lipinski definition) is 3. The van der Waals surface area contributed by atoms with Gasteiger partial charge < -0.3 is 19.8 Å². The Balaban J connectivity index is 1.64. The lowest BCUT2D eigenvalue weighted by atomic mass is 10.1. The minimum Gasteiger partial charge on any atom is -0.495 e. The molecule has 0 spiro atoms. The summed E-state index contributed by atoms with van der Waals surface area (Å²) in [6.07, 6.45) is 0. The molecule has 0 bridgehead atoms. The zero-order valence-electron chi connectivity index (χ0n) is 14.2. The Bertz CT molecular complexity index is 1170. The largest absolute Gasteiger partial charge is 0.495 e. The molecule has 0 fully saturated rings. The zero-order chi connectivity index (χ0) is 19.0. The number of carbonyl (C=O) groups is 1. The van der Waals surface area contributed by atoms with Crippen LogP contribution in [-0.4, -0.2) is 13.1 Å². The molecule has 0 aliphatic heterocycles. The summed E-state index contributed by atoms with van der Waals surface area (Å²) < 4.78 is 11.3. The summed E-state index contributed by atoms with van der Waals surface area (Å²) in [5, 5.41) is 8.15. The molecule has 3 aromatic carbocycles. The highest BCUT2D eigenvalue weighted by atomic mass is 35.5. The summed E-state index contributed by atoms with van der Waals surface area (Å²) in [6.45, 7) is 0. The van der Waals surface area contributed by atoms with Gasteiger partial charge in [-0.25, -0.2) is 4.79 Å². The van der Waals surface area contributed by atoms with Crippen molar-refractivity contribution in [3.8, 4) is 5.75 Å². The van der Waals surface area contributed by atoms with Crippen LogP contribution in [0.1, 0.15) is 0 Å². The maximum absolute atomic E-state index is 12.4. The van der Waals surface area contributed by atoms with Gasteiger partial charge >= 0.3 is 6.03 Å². The molecular weight excluding hydrogens is 387 g/mol. The van der Waals surface area contributed by atoms with Gasteiger partial charge in [0.1, 0.15) is 16.9 Å². The van der Waals surface area contributed by atoms with Gasteiger partial charge in [-0.3, -0.25) is 0 Å². The number of rotatable bonds is 3. The van der Waals surface area contributed by atoms with Gasteiger partial charge in [0.15, 0.2) is 0 Å². The number of urea groups is 1. The summed E-state index contributed by atoms with van der Waals surface area (Å²) in [4.78, 5) is 12.4. The fraction of sp³-hybridized carbons (Fsp3) is 0.0500. The average molecular weight is 401 g/mol. The van der Waals surface area contributed by atoms with Crippen LogP contribution >= 0.6 is 23.2 Å². The number of anilines is 2. The molecule has 1 aromatic heterocycles. The molecule has 4 aromatic rings. The highest BCUT2D eigenvalue weighted by Crippen LogP contribution is 2.36. The van der Waals surface area contributed by atoms with Crippen molar-refractivity contribution in [2.75, 3.05) is 17.7 Å². The van der Waals surface area contributed by atoms with Crippen LogP contribution in [0.25, 0.3) is 21.9 Å². The molecule has 0 aliphatic carbocycles. The zero-order valence-corrected chi connectivity index (χ0v) is 15.7. The normalized spacial score (nSPS) is 10.9. The van der Waals surface area contributed by atoms with Crippen LogP contribution in [0.5, 0.6) is 5.75 Å². The Morgan fingerprint density at radius 2 is 1.74 bits per heavy atom. The lowest BCUT2D eigenvalue weighted by molar-refractivity contribution is 0.262. The molecule has 0 saturated carbocycles. The third-order valence-corrected chi connectivity index (χ3v) is 4.86. The molecule has 7 heteroatoms. The van der Waals surface area contributed by atoms with E-state index in [4.69, 9.17) is 32.4 Å². The van der Waals surface area contributed by atoms with Gasteiger partial charge in [-0.1, -0.05) is 41.4 Å². The summed E-state index contributed by atoms with van der Waals surface area (Å²) in [5.41, 5.74) is 2.43. The lowest BCUT2D eigenvalue weighted by Gasteiger charge is -2.11. The maximum atomic E-state index is 12.4. The van der Waals surface area contributed by atoms with Crippen LogP contribution < -0.4 is 15.4 Å². The van der Waals surface area contributed by atoms with Crippen LogP contribution in [0.4, 0.5) is 16.2 Å². The predicted molar refractivity (Wildman–Crippen MR) is 109 cm³/mol. The molecule has 0 radical (unpaired) electrons. The van der Waals surface area contributed by atoms with E-state index in [-0.39, 0.29) is 0 Å². The highest BCUT2D eigenvalue weighted by Gasteiger charge is 2.14. The van der Waals surface area contributed by atoms with Gasteiger partial charge in [0.05, 0.1) is 22.8 Å². The average Bonchev–Trinajstić information content (AvgIpc) is 3.01. The standard InChI is InChI=1S/C20H14Cl2N2O3/c1-26-19-9-13-12-4-2-3-5-17(12)27-18(13)10-16(19)24-20(25)23-11-6-7-14(21)15(22)8-11/h2-10H,1H3,(H2,23,24,25). The van der Waals surface area contributed by atoms with E-state index in [0.29, 0.717) is 32.8 Å². The second-order valence-electron chi connectivity index (χ2n) is 5.85. The van der Waals surface area contributed by atoms with E-state index >= 15 is 0 Å². The predicted octanol–water partition coefficient (Wildman–Crippen LogP) is 6.55. The number of nitrogens with one attached hydrogen (secondary N) is 2. The van der Waals surface area contributed by atoms with Gasteiger partial charge in [0.25, 0.3) is 0 Å². The molecular formula is C20H14Cl2N2O3. The number of amides is 2. The Hall–Kier alpha value is -2.89. The number of para-hydroxylation sites is 1. The van der Waals surface area contributed by atoms with Gasteiger partial charge in [0, 0.05) is 22.5 Å². The first-order valence-electron chi connectivity index (χ1n) is 8.07. The first kappa shape index (κ1) is 17.5. The van der Waals surface area contributed by atoms with Crippen molar-refractivity contribution in [2.24, 2.45) is 0 Å². The van der Waals surface area contributed by atoms with Crippen LogP contribution in [0.2, 0.25) is 10.0 Å². The number of halogens is 2. The van der Waals surface area contributed by atoms with Crippen LogP contribution in [0, 0.1) is 0 Å². The molecule has 5 nitrogen and oxygen atoms in total. The topological polar surface area (TPSA) is 63.5 Å². The number of hydrogen-bond donors (Lipinski definition) is 2. The van der Waals surface area contributed by atoms with Gasteiger partial charge in [-0.15, -0.1) is 0 Å². The van der Waals surface area contributed by atoms with Gasteiger partial charge in [-0.2, -0.15) is 0 Å². The van der Waals surface area contributed by atoms with Crippen molar-refractivity contribution < 1.29 is 13.9 Å². The molecule has 0 saturated heterocycles. The molecule has 2 amide bonds. The van der Waals surface area contributed by atoms with E-state index in [1.165, 1.54) is 0 Å². The Kier molecular flexibility index (Phi) is 4.56. The number of methoxy groups -OCH3 is 1. The van der Waals surface area contributed by atoms with E-state index < -0.39 is 6.03 Å². The molecule has 136 valence electrons. The van der Waals surface area contributed by atoms with Crippen LogP contribution in [-0.2, 0) is 0 Å². The molecule has 0 aliphatic rings. The highest BCUT2D eigenvalue weighted by molar-refractivity contribution is 6.42. The quantitative estimate of drug-likeness (QED) is 0.409. The summed E-state index contributed by atoms with van der Waals surface area (Å²) in [7, 11) is 1.55. The Labute approximate surface area is 164 Å². The first-order valence-corrected chi connectivity index (χ1v) is 8.83. The number of carbonyl (C=O) groups excluding carboxylic acids is 1. The van der Waals surface area contributed by atoms with E-state index in [1.807, 2.05) is 30.3 Å². The minimum absolute atomic E-state index is 0.357. The Morgan fingerprint density at radius 1 is 0.926 bits per heavy atom. The maximum Gasteiger partial charge on any atom is 0.323 e. The number of furan rings is 1. The van der Waals surface area contributed by atoms with Crippen LogP contribution in [0.3, 0.4) is 0 Å². The molecule has 2 N–H and O–H groups in total. The van der Waals surface area contributed by atoms with Crippen molar-refractivity contribution >= 4 is 62.5 Å². The van der Waals surface area contributed by atoms with Crippen LogP contribution in [0.15, 0.2) is 59.0 Å². The molecule has 27 heavy (non-hydrogen) atoms. The lowest BCUT2D eigenvalue weighted by Crippen LogP contribution is -2.19. The van der Waals surface area contributed by atoms with Crippen molar-refractivity contribution in [1.82, 2.24) is 0 Å². The number of fused-ring (bicyclic) bond motifs is 3. The number of benzene rings is 3. The van der Waals surface area contributed by atoms with Crippen molar-refractivity contribution in [3.05, 3.63) is 64.6 Å². The summed E-state index contributed by atoms with van der Waals surface area (Å²) in [5.74, 6) is 0.526. The molecule has 0 atom stereocenters. The fourth-order valence-corrected chi connectivity index (χ4v) is 3.17. The van der Waals surface area contributed by atoms with Gasteiger partial charge in [0.2, 0.25) is 0 Å². The third kappa shape index (κ3) is 3.39. The smallest absolute Gasteiger partial charge is 0.323 e. The van der Waals surface area contributed by atoms with Crippen molar-refractivity contribution in [2.45, 2.75) is 0 Å². The molecule has 1 heterocycles. The monoisotopic (exact) mass is 400 g/mol. The summed E-state index contributed by atoms with van der Waals surface area (Å²) >= 11 is 11.9. The molecule has 0 unspecified atom stereocenters. The number of ether oxygens (including phenoxy) is 1. The van der Waals surface area contributed by atoms with E-state index in [9.17, 15) is 4.79 Å². The third-order valence-electron chi connectivity index (χ3n) is 4.12.